The van der Waals surface area contributed by atoms with Gasteiger partial charge in [0.25, 0.3) is 5.91 Å². The van der Waals surface area contributed by atoms with Crippen molar-refractivity contribution in [3.8, 4) is 5.75 Å². The molecule has 0 spiro atoms. The molecule has 0 unspecified atom stereocenters. The van der Waals surface area contributed by atoms with Crippen molar-refractivity contribution >= 4 is 23.1 Å². The van der Waals surface area contributed by atoms with Crippen LogP contribution in [-0.4, -0.2) is 18.0 Å². The Hall–Kier alpha value is -1.88. The number of methoxy groups -OCH3 is 1. The fraction of sp³-hybridized carbons (Fsp3) is 0.375. The normalized spacial score (nSPS) is 13.6. The fourth-order valence-electron chi connectivity index (χ4n) is 2.66. The molecule has 1 amide bonds. The molecule has 0 bridgehead atoms. The molecule has 110 valence electrons. The zero-order valence-corrected chi connectivity index (χ0v) is 13.0. The maximum absolute atomic E-state index is 12.5. The van der Waals surface area contributed by atoms with Crippen molar-refractivity contribution < 1.29 is 9.53 Å². The number of pyridine rings is 1. The summed E-state index contributed by atoms with van der Waals surface area (Å²) in [4.78, 5) is 18.2. The minimum atomic E-state index is -0.0919. The van der Waals surface area contributed by atoms with Gasteiger partial charge in [0, 0.05) is 16.0 Å². The van der Waals surface area contributed by atoms with Crippen LogP contribution >= 0.6 is 11.3 Å². The average Bonchev–Trinajstić information content (AvgIpc) is 2.91. The highest BCUT2D eigenvalue weighted by Crippen LogP contribution is 2.31. The van der Waals surface area contributed by atoms with Crippen molar-refractivity contribution in [1.29, 1.82) is 0 Å². The molecule has 1 N–H and O–H groups in total. The first-order valence-electron chi connectivity index (χ1n) is 7.11. The van der Waals surface area contributed by atoms with Gasteiger partial charge in [0.05, 0.1) is 12.7 Å². The van der Waals surface area contributed by atoms with Gasteiger partial charge in [-0.3, -0.25) is 4.79 Å². The highest BCUT2D eigenvalue weighted by Gasteiger charge is 2.21. The molecule has 3 rings (SSSR count). The largest absolute Gasteiger partial charge is 0.493 e. The lowest BCUT2D eigenvalue weighted by molar-refractivity contribution is 0.102. The molecule has 1 aliphatic carbocycles. The van der Waals surface area contributed by atoms with Crippen LogP contribution in [0.1, 0.15) is 39.3 Å². The van der Waals surface area contributed by atoms with Gasteiger partial charge in [-0.15, -0.1) is 11.3 Å². The predicted octanol–water partition coefficient (Wildman–Crippen LogP) is 3.59. The van der Waals surface area contributed by atoms with Crippen LogP contribution < -0.4 is 10.1 Å². The van der Waals surface area contributed by atoms with Crippen LogP contribution in [0.5, 0.6) is 5.75 Å². The molecular weight excluding hydrogens is 284 g/mol. The monoisotopic (exact) mass is 302 g/mol. The Balaban J connectivity index is 1.87. The van der Waals surface area contributed by atoms with E-state index in [1.807, 2.05) is 24.4 Å². The Kier molecular flexibility index (Phi) is 3.92. The van der Waals surface area contributed by atoms with E-state index in [1.165, 1.54) is 16.9 Å². The Morgan fingerprint density at radius 1 is 1.33 bits per heavy atom. The third kappa shape index (κ3) is 2.78. The highest BCUT2D eigenvalue weighted by atomic mass is 32.1. The number of thiophene rings is 1. The maximum Gasteiger partial charge on any atom is 0.258 e. The first kappa shape index (κ1) is 14.1. The number of nitrogens with zero attached hydrogens (tertiary/aromatic N) is 1. The van der Waals surface area contributed by atoms with Gasteiger partial charge in [0.2, 0.25) is 0 Å². The van der Waals surface area contributed by atoms with Gasteiger partial charge in [-0.1, -0.05) is 0 Å². The quantitative estimate of drug-likeness (QED) is 0.942. The smallest absolute Gasteiger partial charge is 0.258 e. The number of carbonyl (C=O) groups is 1. The third-order valence-electron chi connectivity index (χ3n) is 3.76. The van der Waals surface area contributed by atoms with E-state index in [-0.39, 0.29) is 5.91 Å². The average molecular weight is 302 g/mol. The second-order valence-electron chi connectivity index (χ2n) is 5.22. The molecule has 4 nitrogen and oxygen atoms in total. The number of carbonyl (C=O) groups excluding carboxylic acids is 1. The summed E-state index contributed by atoms with van der Waals surface area (Å²) < 4.78 is 5.26. The van der Waals surface area contributed by atoms with Crippen molar-refractivity contribution in [3.63, 3.8) is 0 Å². The zero-order chi connectivity index (χ0) is 14.8. The fourth-order valence-corrected chi connectivity index (χ4v) is 3.78. The van der Waals surface area contributed by atoms with E-state index in [0.29, 0.717) is 11.6 Å². The van der Waals surface area contributed by atoms with E-state index in [2.05, 4.69) is 10.3 Å². The summed E-state index contributed by atoms with van der Waals surface area (Å²) in [6.07, 6.45) is 4.48. The maximum atomic E-state index is 12.5. The standard InChI is InChI=1S/C16H18N2O2S/c1-10-7-8-13(20-2)15(17-10)18-16(19)12-9-21-14-6-4-3-5-11(12)14/h7-9H,3-6H2,1-2H3,(H,17,18,19). The number of anilines is 1. The first-order valence-corrected chi connectivity index (χ1v) is 7.99. The van der Waals surface area contributed by atoms with Gasteiger partial charge >= 0.3 is 0 Å². The molecule has 5 heteroatoms. The number of nitrogens with one attached hydrogen (secondary N) is 1. The summed E-state index contributed by atoms with van der Waals surface area (Å²) in [5, 5.41) is 4.85. The second kappa shape index (κ2) is 5.85. The number of aryl methyl sites for hydroxylation is 2. The van der Waals surface area contributed by atoms with Crippen LogP contribution in [0.4, 0.5) is 5.82 Å². The Bertz CT molecular complexity index is 679. The summed E-state index contributed by atoms with van der Waals surface area (Å²) in [5.74, 6) is 0.974. The zero-order valence-electron chi connectivity index (χ0n) is 12.2. The molecule has 21 heavy (non-hydrogen) atoms. The lowest BCUT2D eigenvalue weighted by Crippen LogP contribution is -2.16. The molecule has 0 saturated heterocycles. The van der Waals surface area contributed by atoms with Gasteiger partial charge in [-0.05, 0) is 50.3 Å². The lowest BCUT2D eigenvalue weighted by atomic mass is 9.96. The van der Waals surface area contributed by atoms with Gasteiger partial charge < -0.3 is 10.1 Å². The van der Waals surface area contributed by atoms with Crippen molar-refractivity contribution in [1.82, 2.24) is 4.98 Å². The number of amides is 1. The van der Waals surface area contributed by atoms with Crippen LogP contribution in [0.2, 0.25) is 0 Å². The Morgan fingerprint density at radius 3 is 2.95 bits per heavy atom. The van der Waals surface area contributed by atoms with Crippen LogP contribution in [0.3, 0.4) is 0 Å². The first-order chi connectivity index (χ1) is 10.2. The molecular formula is C16H18N2O2S. The molecule has 0 aromatic carbocycles. The lowest BCUT2D eigenvalue weighted by Gasteiger charge is -2.13. The number of ether oxygens (including phenoxy) is 1. The van der Waals surface area contributed by atoms with Crippen LogP contribution in [0, 0.1) is 6.92 Å². The number of rotatable bonds is 3. The number of hydrogen-bond donors (Lipinski definition) is 1. The topological polar surface area (TPSA) is 51.2 Å². The van der Waals surface area contributed by atoms with Crippen molar-refractivity contribution in [2.24, 2.45) is 0 Å². The highest BCUT2D eigenvalue weighted by molar-refractivity contribution is 7.10. The van der Waals surface area contributed by atoms with Gasteiger partial charge in [-0.25, -0.2) is 4.98 Å². The molecule has 0 fully saturated rings. The van der Waals surface area contributed by atoms with E-state index in [9.17, 15) is 4.79 Å². The van der Waals surface area contributed by atoms with Gasteiger partial charge in [0.15, 0.2) is 11.6 Å². The van der Waals surface area contributed by atoms with E-state index < -0.39 is 0 Å². The number of fused-ring (bicyclic) bond motifs is 1. The molecule has 0 saturated carbocycles. The summed E-state index contributed by atoms with van der Waals surface area (Å²) in [7, 11) is 1.58. The molecule has 1 aliphatic rings. The second-order valence-corrected chi connectivity index (χ2v) is 6.18. The van der Waals surface area contributed by atoms with Crippen LogP contribution in [0.25, 0.3) is 0 Å². The summed E-state index contributed by atoms with van der Waals surface area (Å²) in [6.45, 7) is 1.89. The number of aromatic nitrogens is 1. The molecule has 0 atom stereocenters. The minimum absolute atomic E-state index is 0.0919. The van der Waals surface area contributed by atoms with Crippen molar-refractivity contribution in [2.45, 2.75) is 32.6 Å². The molecule has 0 radical (unpaired) electrons. The summed E-state index contributed by atoms with van der Waals surface area (Å²) in [6, 6.07) is 3.68. The predicted molar refractivity (Wildman–Crippen MR) is 84.4 cm³/mol. The van der Waals surface area contributed by atoms with Crippen molar-refractivity contribution in [3.05, 3.63) is 39.2 Å². The van der Waals surface area contributed by atoms with E-state index in [4.69, 9.17) is 4.74 Å². The van der Waals surface area contributed by atoms with Crippen LogP contribution in [-0.2, 0) is 12.8 Å². The molecule has 2 aromatic heterocycles. The third-order valence-corrected chi connectivity index (χ3v) is 4.84. The Morgan fingerprint density at radius 2 is 2.14 bits per heavy atom. The van der Waals surface area contributed by atoms with E-state index in [1.54, 1.807) is 18.4 Å². The van der Waals surface area contributed by atoms with Crippen molar-refractivity contribution in [2.75, 3.05) is 12.4 Å². The Labute approximate surface area is 128 Å². The summed E-state index contributed by atoms with van der Waals surface area (Å²) in [5.41, 5.74) is 2.86. The van der Waals surface area contributed by atoms with Gasteiger partial charge in [-0.2, -0.15) is 0 Å². The van der Waals surface area contributed by atoms with Gasteiger partial charge in [0.1, 0.15) is 0 Å². The minimum Gasteiger partial charge on any atom is -0.493 e. The van der Waals surface area contributed by atoms with E-state index >= 15 is 0 Å². The number of hydrogen-bond acceptors (Lipinski definition) is 4. The molecule has 2 aromatic rings. The molecule has 2 heterocycles. The van der Waals surface area contributed by atoms with E-state index in [0.717, 1.165) is 30.5 Å². The summed E-state index contributed by atoms with van der Waals surface area (Å²) >= 11 is 1.69. The van der Waals surface area contributed by atoms with Crippen LogP contribution in [0.15, 0.2) is 17.5 Å². The molecule has 0 aliphatic heterocycles. The SMILES string of the molecule is COc1ccc(C)nc1NC(=O)c1csc2c1CCCC2.